The number of hydrogen-bond acceptors (Lipinski definition) is 5. The van der Waals surface area contributed by atoms with Crippen molar-refractivity contribution in [3.8, 4) is 0 Å². The topological polar surface area (TPSA) is 106 Å². The third-order valence-electron chi connectivity index (χ3n) is 3.45. The number of carbonyl (C=O) groups excluding carboxylic acids is 1. The Morgan fingerprint density at radius 1 is 1.29 bits per heavy atom. The number of hydrogen-bond donors (Lipinski definition) is 2. The van der Waals surface area contributed by atoms with Crippen molar-refractivity contribution in [1.29, 1.82) is 0 Å². The van der Waals surface area contributed by atoms with E-state index in [4.69, 9.17) is 0 Å². The molecule has 0 radical (unpaired) electrons. The lowest BCUT2D eigenvalue weighted by Crippen LogP contribution is -2.28. The molecule has 2 aromatic rings. The van der Waals surface area contributed by atoms with Crippen LogP contribution in [0.4, 0.5) is 0 Å². The summed E-state index contributed by atoms with van der Waals surface area (Å²) in [6.45, 7) is 4.06. The van der Waals surface area contributed by atoms with Crippen LogP contribution in [-0.4, -0.2) is 35.6 Å². The molecule has 1 unspecified atom stereocenters. The highest BCUT2D eigenvalue weighted by molar-refractivity contribution is 7.89. The Morgan fingerprint density at radius 2 is 1.96 bits per heavy atom. The van der Waals surface area contributed by atoms with Crippen molar-refractivity contribution in [2.45, 2.75) is 31.2 Å². The molecule has 0 aliphatic rings. The molecule has 1 aromatic heterocycles. The van der Waals surface area contributed by atoms with E-state index in [1.165, 1.54) is 30.6 Å². The first kappa shape index (κ1) is 18.1. The maximum Gasteiger partial charge on any atom is 0.251 e. The monoisotopic (exact) mass is 351 g/mol. The molecule has 0 fully saturated rings. The van der Waals surface area contributed by atoms with E-state index in [1.807, 2.05) is 6.92 Å². The van der Waals surface area contributed by atoms with E-state index in [-0.39, 0.29) is 16.8 Å². The third-order valence-corrected chi connectivity index (χ3v) is 4.93. The highest BCUT2D eigenvalue weighted by Gasteiger charge is 2.17. The Bertz CT molecular complexity index is 799. The minimum atomic E-state index is -3.53. The molecule has 1 atom stereocenters. The Kier molecular flexibility index (Phi) is 5.68. The third kappa shape index (κ3) is 4.18. The molecule has 0 saturated heterocycles. The number of nitrogens with zero attached hydrogens (tertiary/aromatic N) is 3. The second-order valence-electron chi connectivity index (χ2n) is 5.36. The number of aromatic nitrogens is 3. The van der Waals surface area contributed by atoms with Crippen LogP contribution >= 0.6 is 0 Å². The maximum absolute atomic E-state index is 12.3. The predicted octanol–water partition coefficient (Wildman–Crippen LogP) is 0.994. The van der Waals surface area contributed by atoms with Crippen molar-refractivity contribution >= 4 is 15.9 Å². The van der Waals surface area contributed by atoms with Crippen LogP contribution in [0.1, 0.15) is 42.5 Å². The number of rotatable bonds is 7. The lowest BCUT2D eigenvalue weighted by molar-refractivity contribution is 0.0937. The van der Waals surface area contributed by atoms with E-state index in [9.17, 15) is 13.2 Å². The first-order chi connectivity index (χ1) is 11.3. The van der Waals surface area contributed by atoms with Gasteiger partial charge in [0.15, 0.2) is 0 Å². The molecule has 1 heterocycles. The smallest absolute Gasteiger partial charge is 0.251 e. The van der Waals surface area contributed by atoms with Crippen LogP contribution in [0.3, 0.4) is 0 Å². The van der Waals surface area contributed by atoms with E-state index in [2.05, 4.69) is 20.1 Å². The van der Waals surface area contributed by atoms with E-state index >= 15 is 0 Å². The molecule has 24 heavy (non-hydrogen) atoms. The Balaban J connectivity index is 2.07. The van der Waals surface area contributed by atoms with Crippen molar-refractivity contribution in [2.24, 2.45) is 7.05 Å². The quantitative estimate of drug-likeness (QED) is 0.774. The molecular weight excluding hydrogens is 330 g/mol. The second kappa shape index (κ2) is 7.54. The summed E-state index contributed by atoms with van der Waals surface area (Å²) in [5.41, 5.74) is 0.374. The van der Waals surface area contributed by atoms with Gasteiger partial charge in [0.1, 0.15) is 12.2 Å². The summed E-state index contributed by atoms with van der Waals surface area (Å²) in [7, 11) is -1.79. The van der Waals surface area contributed by atoms with Crippen molar-refractivity contribution in [1.82, 2.24) is 24.8 Å². The van der Waals surface area contributed by atoms with E-state index in [0.717, 1.165) is 0 Å². The highest BCUT2D eigenvalue weighted by Crippen LogP contribution is 2.13. The molecule has 1 aromatic carbocycles. The number of carbonyl (C=O) groups is 1. The van der Waals surface area contributed by atoms with Crippen LogP contribution in [0.15, 0.2) is 35.5 Å². The molecule has 1 amide bonds. The van der Waals surface area contributed by atoms with Crippen LogP contribution in [0.25, 0.3) is 0 Å². The normalized spacial score (nSPS) is 12.8. The molecule has 0 aliphatic carbocycles. The van der Waals surface area contributed by atoms with Gasteiger partial charge in [0.2, 0.25) is 10.0 Å². The zero-order chi connectivity index (χ0) is 17.7. The fourth-order valence-corrected chi connectivity index (χ4v) is 3.28. The molecule has 8 nitrogen and oxygen atoms in total. The summed E-state index contributed by atoms with van der Waals surface area (Å²) < 4.78 is 28.1. The summed E-state index contributed by atoms with van der Waals surface area (Å²) in [6, 6.07) is 5.48. The van der Waals surface area contributed by atoms with Gasteiger partial charge in [-0.3, -0.25) is 9.48 Å². The highest BCUT2D eigenvalue weighted by atomic mass is 32.2. The molecule has 0 spiro atoms. The van der Waals surface area contributed by atoms with Crippen molar-refractivity contribution in [3.05, 3.63) is 42.0 Å². The van der Waals surface area contributed by atoms with Crippen molar-refractivity contribution in [2.75, 3.05) is 6.54 Å². The molecule has 2 N–H and O–H groups in total. The molecule has 0 bridgehead atoms. The molecule has 9 heteroatoms. The van der Waals surface area contributed by atoms with Gasteiger partial charge in [-0.1, -0.05) is 6.92 Å². The van der Waals surface area contributed by atoms with Crippen LogP contribution in [-0.2, 0) is 17.1 Å². The van der Waals surface area contributed by atoms with Gasteiger partial charge in [-0.15, -0.1) is 0 Å². The lowest BCUT2D eigenvalue weighted by Gasteiger charge is -2.13. The molecule has 0 aliphatic heterocycles. The minimum Gasteiger partial charge on any atom is -0.342 e. The Labute approximate surface area is 141 Å². The first-order valence-electron chi connectivity index (χ1n) is 7.59. The zero-order valence-electron chi connectivity index (χ0n) is 13.9. The van der Waals surface area contributed by atoms with Crippen molar-refractivity contribution < 1.29 is 13.2 Å². The van der Waals surface area contributed by atoms with E-state index < -0.39 is 10.0 Å². The second-order valence-corrected chi connectivity index (χ2v) is 7.13. The van der Waals surface area contributed by atoms with Gasteiger partial charge >= 0.3 is 0 Å². The Morgan fingerprint density at radius 3 is 2.50 bits per heavy atom. The molecular formula is C15H21N5O3S. The summed E-state index contributed by atoms with van der Waals surface area (Å²) in [4.78, 5) is 16.5. The average Bonchev–Trinajstić information content (AvgIpc) is 2.99. The van der Waals surface area contributed by atoms with Gasteiger partial charge in [0, 0.05) is 19.2 Å². The van der Waals surface area contributed by atoms with Gasteiger partial charge < -0.3 is 5.32 Å². The minimum absolute atomic E-state index is 0.133. The fraction of sp³-hybridized carbons (Fsp3) is 0.400. The van der Waals surface area contributed by atoms with Crippen LogP contribution in [0.5, 0.6) is 0 Å². The summed E-state index contributed by atoms with van der Waals surface area (Å²) >= 11 is 0. The van der Waals surface area contributed by atoms with Gasteiger partial charge in [-0.2, -0.15) is 5.10 Å². The number of benzene rings is 1. The van der Waals surface area contributed by atoms with Gasteiger partial charge in [-0.25, -0.2) is 18.1 Å². The van der Waals surface area contributed by atoms with Gasteiger partial charge in [-0.05, 0) is 37.6 Å². The molecule has 0 saturated carbocycles. The predicted molar refractivity (Wildman–Crippen MR) is 88.8 cm³/mol. The van der Waals surface area contributed by atoms with Crippen LogP contribution in [0, 0.1) is 0 Å². The number of aryl methyl sites for hydroxylation is 1. The number of sulfonamides is 1. The van der Waals surface area contributed by atoms with Crippen LogP contribution < -0.4 is 10.0 Å². The lowest BCUT2D eigenvalue weighted by atomic mass is 10.2. The summed E-state index contributed by atoms with van der Waals surface area (Å²) in [5.74, 6) is 0.322. The van der Waals surface area contributed by atoms with E-state index in [1.54, 1.807) is 18.7 Å². The van der Waals surface area contributed by atoms with Crippen LogP contribution in [0.2, 0.25) is 0 Å². The summed E-state index contributed by atoms with van der Waals surface area (Å²) in [6.07, 6.45) is 2.13. The zero-order valence-corrected chi connectivity index (χ0v) is 14.7. The maximum atomic E-state index is 12.3. The largest absolute Gasteiger partial charge is 0.342 e. The fourth-order valence-electron chi connectivity index (χ4n) is 2.15. The van der Waals surface area contributed by atoms with Gasteiger partial charge in [0.25, 0.3) is 5.91 Å². The average molecular weight is 351 g/mol. The first-order valence-corrected chi connectivity index (χ1v) is 9.08. The molecule has 130 valence electrons. The van der Waals surface area contributed by atoms with Crippen molar-refractivity contribution in [3.63, 3.8) is 0 Å². The SMILES string of the molecule is CCCNS(=O)(=O)c1ccc(C(=O)NC(C)c2ncnn2C)cc1. The van der Waals surface area contributed by atoms with Gasteiger partial charge in [0.05, 0.1) is 10.9 Å². The Hall–Kier alpha value is -2.26. The number of amides is 1. The van der Waals surface area contributed by atoms with E-state index in [0.29, 0.717) is 24.4 Å². The number of nitrogens with one attached hydrogen (secondary N) is 2. The molecule has 2 rings (SSSR count). The summed E-state index contributed by atoms with van der Waals surface area (Å²) in [5, 5.41) is 6.77. The standard InChI is InChI=1S/C15H21N5O3S/c1-4-9-18-24(22,23)13-7-5-12(6-8-13)15(21)19-11(2)14-16-10-17-20(14)3/h5-8,10-11,18H,4,9H2,1-3H3,(H,19,21).